The fourth-order valence-electron chi connectivity index (χ4n) is 2.23. The highest BCUT2D eigenvalue weighted by Crippen LogP contribution is 2.33. The molecule has 0 bridgehead atoms. The molecule has 1 unspecified atom stereocenters. The lowest BCUT2D eigenvalue weighted by atomic mass is 10.3. The maximum atomic E-state index is 13.3. The molecule has 12 heteroatoms. The summed E-state index contributed by atoms with van der Waals surface area (Å²) in [5.41, 5.74) is 3.76. The van der Waals surface area contributed by atoms with Crippen molar-refractivity contribution in [2.24, 2.45) is 5.10 Å². The van der Waals surface area contributed by atoms with Gasteiger partial charge in [0.25, 0.3) is 5.91 Å². The van der Waals surface area contributed by atoms with E-state index in [1.165, 1.54) is 37.2 Å². The van der Waals surface area contributed by atoms with Gasteiger partial charge >= 0.3 is 0 Å². The highest BCUT2D eigenvalue weighted by molar-refractivity contribution is 8.14. The standard InChI is InChI=1S/C16H16FN5O4S2/c1-26-5-6-28(24,25)22-14(23)12-3-2-4-13(19-12)16-21-20-15(27-16)10-7-11(17)9-18-8-10/h2-4,7-9,15,20H,5-6H2,1H3,(H,22,23). The Balaban J connectivity index is 1.71. The van der Waals surface area contributed by atoms with Gasteiger partial charge in [0.2, 0.25) is 10.0 Å². The van der Waals surface area contributed by atoms with Crippen molar-refractivity contribution in [3.05, 3.63) is 59.4 Å². The third-order valence-corrected chi connectivity index (χ3v) is 5.88. The van der Waals surface area contributed by atoms with Crippen LogP contribution in [-0.2, 0) is 14.8 Å². The van der Waals surface area contributed by atoms with Crippen LogP contribution in [0.4, 0.5) is 4.39 Å². The van der Waals surface area contributed by atoms with Crippen molar-refractivity contribution in [1.82, 2.24) is 20.1 Å². The molecule has 2 N–H and O–H groups in total. The zero-order chi connectivity index (χ0) is 20.1. The van der Waals surface area contributed by atoms with Crippen LogP contribution in [0.2, 0.25) is 0 Å². The van der Waals surface area contributed by atoms with Crippen molar-refractivity contribution in [2.45, 2.75) is 5.37 Å². The molecule has 9 nitrogen and oxygen atoms in total. The number of amides is 1. The molecule has 1 aliphatic rings. The molecule has 2 aromatic rings. The van der Waals surface area contributed by atoms with Crippen LogP contribution in [0.25, 0.3) is 0 Å². The molecule has 2 aromatic heterocycles. The third kappa shape index (κ3) is 5.03. The summed E-state index contributed by atoms with van der Waals surface area (Å²) in [5.74, 6) is -1.65. The van der Waals surface area contributed by atoms with Crippen LogP contribution < -0.4 is 10.1 Å². The average Bonchev–Trinajstić information content (AvgIpc) is 3.16. The lowest BCUT2D eigenvalue weighted by Crippen LogP contribution is -2.34. The number of hydrogen-bond acceptors (Lipinski definition) is 9. The number of sulfonamides is 1. The second-order valence-electron chi connectivity index (χ2n) is 5.63. The second-order valence-corrected chi connectivity index (χ2v) is 8.57. The smallest absolute Gasteiger partial charge is 0.283 e. The Kier molecular flexibility index (Phi) is 6.21. The molecule has 0 radical (unpaired) electrons. The summed E-state index contributed by atoms with van der Waals surface area (Å²) in [6.45, 7) is -0.0362. The number of nitrogens with one attached hydrogen (secondary N) is 2. The third-order valence-electron chi connectivity index (χ3n) is 3.55. The first-order valence-corrected chi connectivity index (χ1v) is 10.5. The van der Waals surface area contributed by atoms with Gasteiger partial charge in [-0.15, -0.1) is 0 Å². The van der Waals surface area contributed by atoms with Gasteiger partial charge in [-0.1, -0.05) is 17.8 Å². The van der Waals surface area contributed by atoms with Crippen molar-refractivity contribution in [2.75, 3.05) is 19.5 Å². The fraction of sp³-hybridized carbons (Fsp3) is 0.250. The van der Waals surface area contributed by atoms with Crippen LogP contribution in [0, 0.1) is 5.82 Å². The number of pyridine rings is 2. The van der Waals surface area contributed by atoms with E-state index in [1.807, 2.05) is 4.72 Å². The highest BCUT2D eigenvalue weighted by Gasteiger charge is 2.25. The Morgan fingerprint density at radius 1 is 1.39 bits per heavy atom. The monoisotopic (exact) mass is 425 g/mol. The van der Waals surface area contributed by atoms with Crippen LogP contribution in [0.5, 0.6) is 0 Å². The lowest BCUT2D eigenvalue weighted by Gasteiger charge is -2.09. The van der Waals surface area contributed by atoms with Gasteiger partial charge in [0.1, 0.15) is 21.9 Å². The van der Waals surface area contributed by atoms with Crippen molar-refractivity contribution < 1.29 is 22.3 Å². The van der Waals surface area contributed by atoms with Gasteiger partial charge in [-0.2, -0.15) is 5.10 Å². The maximum Gasteiger partial charge on any atom is 0.283 e. The predicted molar refractivity (Wildman–Crippen MR) is 102 cm³/mol. The molecule has 0 saturated heterocycles. The number of carbonyl (C=O) groups excluding carboxylic acids is 1. The SMILES string of the molecule is COCCS(=O)(=O)NC(=O)c1cccc(C2=NNC(c3cncc(F)c3)S2)n1. The molecule has 0 aromatic carbocycles. The summed E-state index contributed by atoms with van der Waals surface area (Å²) in [6, 6.07) is 5.94. The summed E-state index contributed by atoms with van der Waals surface area (Å²) < 4.78 is 43.7. The molecule has 1 amide bonds. The topological polar surface area (TPSA) is 123 Å². The number of aromatic nitrogens is 2. The number of hydrogen-bond donors (Lipinski definition) is 2. The van der Waals surface area contributed by atoms with E-state index in [4.69, 9.17) is 4.74 Å². The molecule has 28 heavy (non-hydrogen) atoms. The van der Waals surface area contributed by atoms with Gasteiger partial charge < -0.3 is 4.74 Å². The molecule has 0 saturated carbocycles. The molecule has 1 aliphatic heterocycles. The first-order valence-electron chi connectivity index (χ1n) is 7.99. The minimum atomic E-state index is -3.83. The van der Waals surface area contributed by atoms with E-state index in [9.17, 15) is 17.6 Å². The Morgan fingerprint density at radius 3 is 2.96 bits per heavy atom. The van der Waals surface area contributed by atoms with E-state index in [0.29, 0.717) is 16.3 Å². The van der Waals surface area contributed by atoms with Crippen molar-refractivity contribution in [1.29, 1.82) is 0 Å². The van der Waals surface area contributed by atoms with Gasteiger partial charge in [-0.05, 0) is 18.2 Å². The number of ether oxygens (including phenoxy) is 1. The summed E-state index contributed by atoms with van der Waals surface area (Å²) in [5, 5.41) is 4.28. The largest absolute Gasteiger partial charge is 0.384 e. The average molecular weight is 425 g/mol. The van der Waals surface area contributed by atoms with Gasteiger partial charge in [-0.3, -0.25) is 15.2 Å². The van der Waals surface area contributed by atoms with Gasteiger partial charge in [0, 0.05) is 18.9 Å². The summed E-state index contributed by atoms with van der Waals surface area (Å²) in [6.07, 6.45) is 2.63. The molecular weight excluding hydrogens is 409 g/mol. The zero-order valence-corrected chi connectivity index (χ0v) is 16.3. The maximum absolute atomic E-state index is 13.3. The Labute approximate surface area is 164 Å². The number of thioether (sulfide) groups is 1. The summed E-state index contributed by atoms with van der Waals surface area (Å²) >= 11 is 1.27. The second kappa shape index (κ2) is 8.63. The van der Waals surface area contributed by atoms with E-state index in [-0.39, 0.29) is 23.4 Å². The number of halogens is 1. The van der Waals surface area contributed by atoms with Gasteiger partial charge in [0.15, 0.2) is 0 Å². The predicted octanol–water partition coefficient (Wildman–Crippen LogP) is 1.02. The molecule has 3 heterocycles. The van der Waals surface area contributed by atoms with Gasteiger partial charge in [-0.25, -0.2) is 22.5 Å². The molecule has 148 valence electrons. The number of nitrogens with zero attached hydrogens (tertiary/aromatic N) is 3. The normalized spacial score (nSPS) is 16.4. The van der Waals surface area contributed by atoms with Crippen LogP contribution in [-0.4, -0.2) is 48.8 Å². The quantitative estimate of drug-likeness (QED) is 0.674. The van der Waals surface area contributed by atoms with E-state index in [0.717, 1.165) is 6.20 Å². The van der Waals surface area contributed by atoms with Crippen LogP contribution in [0.1, 0.15) is 27.1 Å². The van der Waals surface area contributed by atoms with E-state index in [1.54, 1.807) is 12.1 Å². The molecule has 0 spiro atoms. The van der Waals surface area contributed by atoms with Crippen molar-refractivity contribution >= 4 is 32.7 Å². The molecule has 1 atom stereocenters. The highest BCUT2D eigenvalue weighted by atomic mass is 32.2. The number of carbonyl (C=O) groups is 1. The fourth-order valence-corrected chi connectivity index (χ4v) is 4.04. The van der Waals surface area contributed by atoms with E-state index < -0.39 is 21.7 Å². The van der Waals surface area contributed by atoms with Crippen molar-refractivity contribution in [3.63, 3.8) is 0 Å². The van der Waals surface area contributed by atoms with Crippen LogP contribution in [0.3, 0.4) is 0 Å². The van der Waals surface area contributed by atoms with E-state index >= 15 is 0 Å². The van der Waals surface area contributed by atoms with Crippen LogP contribution >= 0.6 is 11.8 Å². The number of rotatable bonds is 7. The molecule has 0 fully saturated rings. The number of methoxy groups -OCH3 is 1. The Hall–Kier alpha value is -2.57. The molecular formula is C16H16FN5O4S2. The minimum Gasteiger partial charge on any atom is -0.384 e. The zero-order valence-electron chi connectivity index (χ0n) is 14.6. The van der Waals surface area contributed by atoms with Crippen molar-refractivity contribution in [3.8, 4) is 0 Å². The summed E-state index contributed by atoms with van der Waals surface area (Å²) in [4.78, 5) is 20.2. The first-order chi connectivity index (χ1) is 13.4. The Morgan fingerprint density at radius 2 is 2.21 bits per heavy atom. The van der Waals surface area contributed by atoms with Gasteiger partial charge in [0.05, 0.1) is 24.3 Å². The minimum absolute atomic E-state index is 0.0362. The Bertz CT molecular complexity index is 1020. The first kappa shape index (κ1) is 20.2. The van der Waals surface area contributed by atoms with Crippen LogP contribution in [0.15, 0.2) is 41.8 Å². The number of hydrazone groups is 1. The van der Waals surface area contributed by atoms with E-state index in [2.05, 4.69) is 20.5 Å². The molecule has 0 aliphatic carbocycles. The molecule has 3 rings (SSSR count). The lowest BCUT2D eigenvalue weighted by molar-refractivity contribution is 0.0976. The summed E-state index contributed by atoms with van der Waals surface area (Å²) in [7, 11) is -2.46.